The fourth-order valence-electron chi connectivity index (χ4n) is 1.75. The van der Waals surface area contributed by atoms with Crippen molar-refractivity contribution < 1.29 is 8.42 Å². The van der Waals surface area contributed by atoms with E-state index in [0.29, 0.717) is 11.4 Å². The summed E-state index contributed by atoms with van der Waals surface area (Å²) in [7, 11) is -3.14. The number of benzene rings is 1. The molecular weight excluding hydrogens is 304 g/mol. The molecule has 2 aromatic rings. The molecule has 0 aliphatic heterocycles. The lowest BCUT2D eigenvalue weighted by Crippen LogP contribution is -2.11. The third kappa shape index (κ3) is 4.28. The van der Waals surface area contributed by atoms with Gasteiger partial charge in [0.2, 0.25) is 0 Å². The second kappa shape index (κ2) is 5.77. The van der Waals surface area contributed by atoms with E-state index in [9.17, 15) is 8.42 Å². The largest absolute Gasteiger partial charge is 0.379 e. The summed E-state index contributed by atoms with van der Waals surface area (Å²) in [5.41, 5.74) is 1.95. The van der Waals surface area contributed by atoms with Gasteiger partial charge >= 0.3 is 0 Å². The van der Waals surface area contributed by atoms with E-state index in [-0.39, 0.29) is 5.41 Å². The van der Waals surface area contributed by atoms with E-state index >= 15 is 0 Å². The molecule has 1 heterocycles. The minimum absolute atomic E-state index is 0.0695. The monoisotopic (exact) mass is 324 g/mol. The minimum atomic E-state index is -3.14. The van der Waals surface area contributed by atoms with Gasteiger partial charge in [-0.15, -0.1) is 11.3 Å². The fraction of sp³-hybridized carbons (Fsp3) is 0.400. The molecule has 0 amide bonds. The molecule has 0 fully saturated rings. The molecule has 4 nitrogen and oxygen atoms in total. The van der Waals surface area contributed by atoms with Crippen LogP contribution in [0.25, 0.3) is 0 Å². The number of anilines is 1. The maximum Gasteiger partial charge on any atom is 0.175 e. The van der Waals surface area contributed by atoms with Crippen LogP contribution < -0.4 is 5.32 Å². The summed E-state index contributed by atoms with van der Waals surface area (Å²) in [4.78, 5) is 4.94. The highest BCUT2D eigenvalue weighted by Crippen LogP contribution is 2.25. The molecule has 1 N–H and O–H groups in total. The van der Waals surface area contributed by atoms with Gasteiger partial charge in [0, 0.05) is 22.7 Å². The minimum Gasteiger partial charge on any atom is -0.379 e. The summed E-state index contributed by atoms with van der Waals surface area (Å²) in [5, 5.41) is 6.43. The van der Waals surface area contributed by atoms with Crippen molar-refractivity contribution in [3.05, 3.63) is 40.3 Å². The Balaban J connectivity index is 2.02. The van der Waals surface area contributed by atoms with E-state index < -0.39 is 9.84 Å². The molecule has 0 atom stereocenters. The fourth-order valence-corrected chi connectivity index (χ4v) is 3.28. The van der Waals surface area contributed by atoms with E-state index in [4.69, 9.17) is 0 Å². The van der Waals surface area contributed by atoms with Gasteiger partial charge in [0.25, 0.3) is 0 Å². The lowest BCUT2D eigenvalue weighted by Gasteiger charge is -2.13. The van der Waals surface area contributed by atoms with Crippen molar-refractivity contribution in [2.24, 2.45) is 0 Å². The lowest BCUT2D eigenvalue weighted by atomic mass is 9.98. The van der Waals surface area contributed by atoms with Gasteiger partial charge < -0.3 is 5.32 Å². The van der Waals surface area contributed by atoms with Crippen molar-refractivity contribution in [2.45, 2.75) is 37.6 Å². The van der Waals surface area contributed by atoms with Crippen LogP contribution >= 0.6 is 11.3 Å². The van der Waals surface area contributed by atoms with Crippen LogP contribution in [0.1, 0.15) is 31.5 Å². The van der Waals surface area contributed by atoms with Crippen LogP contribution in [-0.2, 0) is 21.8 Å². The molecule has 6 heteroatoms. The molecule has 0 aliphatic rings. The van der Waals surface area contributed by atoms with Crippen LogP contribution in [0.5, 0.6) is 0 Å². The quantitative estimate of drug-likeness (QED) is 0.936. The first kappa shape index (κ1) is 16.0. The average Bonchev–Trinajstić information content (AvgIpc) is 2.84. The highest BCUT2D eigenvalue weighted by molar-refractivity contribution is 7.90. The Morgan fingerprint density at radius 1 is 1.19 bits per heavy atom. The predicted octanol–water partition coefficient (Wildman–Crippen LogP) is 3.46. The first-order chi connectivity index (χ1) is 9.66. The van der Waals surface area contributed by atoms with Gasteiger partial charge in [-0.05, 0) is 24.3 Å². The zero-order chi connectivity index (χ0) is 15.7. The molecular formula is C15H20N2O2S2. The number of nitrogens with one attached hydrogen (secondary N) is 1. The summed E-state index contributed by atoms with van der Waals surface area (Å²) >= 11 is 1.67. The SMILES string of the molecule is CC(C)(C)c1nc(CNc2ccc(S(C)(=O)=O)cc2)cs1. The zero-order valence-electron chi connectivity index (χ0n) is 12.7. The highest BCUT2D eigenvalue weighted by Gasteiger charge is 2.17. The van der Waals surface area contributed by atoms with Gasteiger partial charge in [0.15, 0.2) is 9.84 Å². The predicted molar refractivity (Wildman–Crippen MR) is 87.7 cm³/mol. The molecule has 114 valence electrons. The van der Waals surface area contributed by atoms with Crippen LogP contribution in [0, 0.1) is 0 Å². The van der Waals surface area contributed by atoms with Gasteiger partial charge in [-0.3, -0.25) is 0 Å². The molecule has 0 unspecified atom stereocenters. The van der Waals surface area contributed by atoms with Gasteiger partial charge in [-0.25, -0.2) is 13.4 Å². The number of sulfone groups is 1. The number of nitrogens with zero attached hydrogens (tertiary/aromatic N) is 1. The Hall–Kier alpha value is -1.40. The summed E-state index contributed by atoms with van der Waals surface area (Å²) in [5.74, 6) is 0. The zero-order valence-corrected chi connectivity index (χ0v) is 14.3. The average molecular weight is 324 g/mol. The van der Waals surface area contributed by atoms with Gasteiger partial charge in [0.1, 0.15) is 0 Å². The molecule has 2 rings (SSSR count). The number of aromatic nitrogens is 1. The van der Waals surface area contributed by atoms with E-state index in [0.717, 1.165) is 16.4 Å². The van der Waals surface area contributed by atoms with Crippen molar-refractivity contribution in [3.63, 3.8) is 0 Å². The molecule has 0 radical (unpaired) electrons. The number of hydrogen-bond donors (Lipinski definition) is 1. The molecule has 0 bridgehead atoms. The first-order valence-corrected chi connectivity index (χ1v) is 9.42. The number of rotatable bonds is 4. The summed E-state index contributed by atoms with van der Waals surface area (Å²) < 4.78 is 22.8. The Morgan fingerprint density at radius 3 is 2.29 bits per heavy atom. The van der Waals surface area contributed by atoms with Crippen LogP contribution in [0.3, 0.4) is 0 Å². The van der Waals surface area contributed by atoms with E-state index in [1.54, 1.807) is 35.6 Å². The van der Waals surface area contributed by atoms with Crippen LogP contribution in [0.2, 0.25) is 0 Å². The number of hydrogen-bond acceptors (Lipinski definition) is 5. The Labute approximate surface area is 130 Å². The topological polar surface area (TPSA) is 59.1 Å². The second-order valence-electron chi connectivity index (χ2n) is 6.04. The molecule has 0 aliphatic carbocycles. The normalized spacial score (nSPS) is 12.4. The van der Waals surface area contributed by atoms with E-state index in [1.807, 2.05) is 0 Å². The van der Waals surface area contributed by atoms with Crippen molar-refractivity contribution in [1.82, 2.24) is 4.98 Å². The maximum atomic E-state index is 11.4. The first-order valence-electron chi connectivity index (χ1n) is 6.65. The van der Waals surface area contributed by atoms with E-state index in [2.05, 4.69) is 36.5 Å². The molecule has 0 saturated carbocycles. The molecule has 0 saturated heterocycles. The molecule has 1 aromatic carbocycles. The molecule has 1 aromatic heterocycles. The Kier molecular flexibility index (Phi) is 4.39. The van der Waals surface area contributed by atoms with Crippen molar-refractivity contribution in [2.75, 3.05) is 11.6 Å². The maximum absolute atomic E-state index is 11.4. The third-order valence-corrected chi connectivity index (χ3v) is 5.39. The summed E-state index contributed by atoms with van der Waals surface area (Å²) in [6.07, 6.45) is 1.21. The van der Waals surface area contributed by atoms with Crippen molar-refractivity contribution in [1.29, 1.82) is 0 Å². The van der Waals surface area contributed by atoms with Crippen LogP contribution in [0.15, 0.2) is 34.5 Å². The van der Waals surface area contributed by atoms with E-state index in [1.165, 1.54) is 6.26 Å². The van der Waals surface area contributed by atoms with Crippen molar-refractivity contribution in [3.8, 4) is 0 Å². The highest BCUT2D eigenvalue weighted by atomic mass is 32.2. The smallest absolute Gasteiger partial charge is 0.175 e. The second-order valence-corrected chi connectivity index (χ2v) is 8.92. The third-order valence-electron chi connectivity index (χ3n) is 2.95. The van der Waals surface area contributed by atoms with Gasteiger partial charge in [0.05, 0.1) is 22.1 Å². The van der Waals surface area contributed by atoms with Gasteiger partial charge in [-0.1, -0.05) is 20.8 Å². The molecule has 0 spiro atoms. The lowest BCUT2D eigenvalue weighted by molar-refractivity contribution is 0.583. The number of thiazole rings is 1. The standard InChI is InChI=1S/C15H20N2O2S2/c1-15(2,3)14-17-12(10-20-14)9-16-11-5-7-13(8-6-11)21(4,18)19/h5-8,10,16H,9H2,1-4H3. The summed E-state index contributed by atoms with van der Waals surface area (Å²) in [6, 6.07) is 6.76. The Morgan fingerprint density at radius 2 is 1.81 bits per heavy atom. The molecule has 21 heavy (non-hydrogen) atoms. The van der Waals surface area contributed by atoms with Gasteiger partial charge in [-0.2, -0.15) is 0 Å². The summed E-state index contributed by atoms with van der Waals surface area (Å²) in [6.45, 7) is 7.07. The van der Waals surface area contributed by atoms with Crippen molar-refractivity contribution >= 4 is 26.9 Å². The van der Waals surface area contributed by atoms with Crippen LogP contribution in [-0.4, -0.2) is 19.7 Å². The van der Waals surface area contributed by atoms with Crippen LogP contribution in [0.4, 0.5) is 5.69 Å². The Bertz CT molecular complexity index is 711.